The molecule has 11 aromatic rings. The van der Waals surface area contributed by atoms with Crippen LogP contribution in [0.3, 0.4) is 0 Å². The summed E-state index contributed by atoms with van der Waals surface area (Å²) in [6, 6.07) is 40.3. The van der Waals surface area contributed by atoms with E-state index < -0.39 is 0 Å². The molecule has 0 saturated carbocycles. The van der Waals surface area contributed by atoms with Gasteiger partial charge < -0.3 is 0 Å². The van der Waals surface area contributed by atoms with Crippen LogP contribution in [0.2, 0.25) is 0 Å². The quantitative estimate of drug-likeness (QED) is 0.160. The van der Waals surface area contributed by atoms with Crippen molar-refractivity contribution in [3.63, 3.8) is 0 Å². The first-order valence-electron chi connectivity index (χ1n) is 32.1. The smallest absolute Gasteiger partial charge is 0.261 e. The molecule has 4 aliphatic rings. The second-order valence-electron chi connectivity index (χ2n) is 27.8. The lowest BCUT2D eigenvalue weighted by atomic mass is 9.83. The van der Waals surface area contributed by atoms with Crippen molar-refractivity contribution in [2.24, 2.45) is 21.7 Å². The predicted molar refractivity (Wildman–Crippen MR) is 410 cm³/mol. The lowest BCUT2D eigenvalue weighted by Crippen LogP contribution is -2.36. The molecular formula is C78H85Br2Cl2N11O4. The number of aromatic nitrogens is 11. The molecule has 0 radical (unpaired) electrons. The van der Waals surface area contributed by atoms with Crippen LogP contribution in [0.25, 0.3) is 74.0 Å². The second kappa shape index (κ2) is 31.5. The van der Waals surface area contributed by atoms with Crippen LogP contribution in [0.15, 0.2) is 181 Å². The summed E-state index contributed by atoms with van der Waals surface area (Å²) in [6.45, 7) is 24.4. The number of rotatable bonds is 5. The largest absolute Gasteiger partial charge is 0.296 e. The molecular weight excluding hydrogens is 1390 g/mol. The molecule has 0 atom stereocenters. The maximum Gasteiger partial charge on any atom is 0.261 e. The van der Waals surface area contributed by atoms with E-state index in [4.69, 9.17) is 9.97 Å². The van der Waals surface area contributed by atoms with Crippen LogP contribution < -0.4 is 22.2 Å². The van der Waals surface area contributed by atoms with E-state index in [9.17, 15) is 19.2 Å². The van der Waals surface area contributed by atoms with Gasteiger partial charge in [0.25, 0.3) is 22.2 Å². The maximum absolute atomic E-state index is 12.8. The Bertz CT molecular complexity index is 4970. The third-order valence-electron chi connectivity index (χ3n) is 17.8. The molecule has 15 nitrogen and oxygen atoms in total. The van der Waals surface area contributed by atoms with Gasteiger partial charge in [-0.25, -0.2) is 19.9 Å². The van der Waals surface area contributed by atoms with E-state index in [0.717, 1.165) is 160 Å². The molecule has 19 heteroatoms. The van der Waals surface area contributed by atoms with Crippen molar-refractivity contribution in [2.75, 3.05) is 0 Å². The normalized spacial score (nSPS) is 15.6. The molecule has 0 unspecified atom stereocenters. The van der Waals surface area contributed by atoms with Crippen molar-refractivity contribution < 1.29 is 0 Å². The van der Waals surface area contributed by atoms with E-state index in [1.807, 2.05) is 170 Å². The Morgan fingerprint density at radius 3 is 1.09 bits per heavy atom. The van der Waals surface area contributed by atoms with Crippen LogP contribution >= 0.6 is 56.7 Å². The molecule has 0 bridgehead atoms. The number of benzene rings is 4. The highest BCUT2D eigenvalue weighted by atomic mass is 79.9. The van der Waals surface area contributed by atoms with Gasteiger partial charge in [0.1, 0.15) is 23.3 Å². The Kier molecular flexibility index (Phi) is 24.1. The first-order chi connectivity index (χ1) is 44.9. The number of pyridine rings is 3. The first kappa shape index (κ1) is 74.4. The highest BCUT2D eigenvalue weighted by Gasteiger charge is 2.31. The molecule has 4 aliphatic heterocycles. The molecule has 0 fully saturated rings. The van der Waals surface area contributed by atoms with Gasteiger partial charge in [-0.15, -0.1) is 24.8 Å². The van der Waals surface area contributed by atoms with E-state index in [-0.39, 0.29) is 76.1 Å². The summed E-state index contributed by atoms with van der Waals surface area (Å²) in [7, 11) is 0. The van der Waals surface area contributed by atoms with Gasteiger partial charge in [-0.1, -0.05) is 144 Å². The minimum Gasteiger partial charge on any atom is -0.296 e. The zero-order valence-corrected chi connectivity index (χ0v) is 60.4. The van der Waals surface area contributed by atoms with Crippen LogP contribution in [0, 0.1) is 21.7 Å². The Labute approximate surface area is 596 Å². The van der Waals surface area contributed by atoms with Crippen molar-refractivity contribution in [1.82, 2.24) is 53.2 Å². The van der Waals surface area contributed by atoms with Gasteiger partial charge in [-0.3, -0.25) is 52.4 Å². The Morgan fingerprint density at radius 2 is 0.742 bits per heavy atom. The molecule has 15 rings (SSSR count). The Balaban J connectivity index is 0.000000159. The van der Waals surface area contributed by atoms with E-state index >= 15 is 0 Å². The zero-order chi connectivity index (χ0) is 66.5. The minimum atomic E-state index is 0. The Hall–Kier alpha value is -8.35. The molecule has 11 heterocycles. The van der Waals surface area contributed by atoms with Gasteiger partial charge in [0.15, 0.2) is 0 Å². The van der Waals surface area contributed by atoms with Crippen molar-refractivity contribution in [1.29, 1.82) is 0 Å². The SMILES string of the molecule is C.C=Cc1ccccn1.CC1(C)CCc2nc3cc(/C=C/c4ccccn4)ccc3c(=O)n2C1.CC1(C)CCc2nc3cc(Br)ccc3c(=O)n2C1.CC1(C)CCn2c(nc3cc(/C=C/c4ccccn4)ccc3c2=O)C1.CC1(C)CCn2c(nc3cc(Br)ccc3c2=O)C1.Cl.Cl. The van der Waals surface area contributed by atoms with E-state index in [0.29, 0.717) is 21.5 Å². The zero-order valence-electron chi connectivity index (χ0n) is 55.6. The van der Waals surface area contributed by atoms with Gasteiger partial charge in [0, 0.05) is 79.4 Å². The molecule has 504 valence electrons. The average Bonchev–Trinajstić information content (AvgIpc) is 0.812. The third kappa shape index (κ3) is 18.3. The Morgan fingerprint density at radius 1 is 0.402 bits per heavy atom. The fourth-order valence-electron chi connectivity index (χ4n) is 12.3. The summed E-state index contributed by atoms with van der Waals surface area (Å²) in [6.07, 6.45) is 22.6. The van der Waals surface area contributed by atoms with Crippen LogP contribution in [-0.4, -0.2) is 53.2 Å². The van der Waals surface area contributed by atoms with Gasteiger partial charge in [0.2, 0.25) is 0 Å². The van der Waals surface area contributed by atoms with Crippen molar-refractivity contribution in [3.05, 3.63) is 254 Å². The van der Waals surface area contributed by atoms with Crippen molar-refractivity contribution in [3.8, 4) is 0 Å². The maximum atomic E-state index is 12.8. The second-order valence-corrected chi connectivity index (χ2v) is 29.7. The number of nitrogens with zero attached hydrogens (tertiary/aromatic N) is 11. The summed E-state index contributed by atoms with van der Waals surface area (Å²) in [4.78, 5) is 81.9. The van der Waals surface area contributed by atoms with Crippen LogP contribution in [0.5, 0.6) is 0 Å². The van der Waals surface area contributed by atoms with E-state index in [1.165, 1.54) is 0 Å². The van der Waals surface area contributed by atoms with Crippen LogP contribution in [0.4, 0.5) is 0 Å². The third-order valence-corrected chi connectivity index (χ3v) is 18.8. The number of hydrogen-bond donors (Lipinski definition) is 0. The molecule has 4 aromatic carbocycles. The molecule has 0 saturated heterocycles. The highest BCUT2D eigenvalue weighted by molar-refractivity contribution is 9.10. The topological polar surface area (TPSA) is 178 Å². The molecule has 0 aliphatic carbocycles. The lowest BCUT2D eigenvalue weighted by molar-refractivity contribution is 0.240. The summed E-state index contributed by atoms with van der Waals surface area (Å²) < 4.78 is 9.30. The number of hydrogen-bond acceptors (Lipinski definition) is 11. The standard InChI is InChI=1S/2C21H21N3O.2C14H15BrN2O.C7H7N.CH4.2ClH/c1-21(2)11-10-19-23-18-13-15(6-8-16-5-3-4-12-22-16)7-9-17(18)20(25)24(19)14-21;1-21(2)10-12-24-19(14-21)23-18-13-15(7-9-17(18)20(24)25)6-8-16-5-3-4-11-22-16;1-14(2)5-6-17-12(8-14)16-11-7-9(15)3-4-10(11)13(17)18;1-14(2)6-5-12-16-11-7-9(15)3-4-10(11)13(18)17(12)8-14;1-2-7-5-3-4-6-8-7;;;/h3-9,12-13H,10-11,14H2,1-2H3;3-9,11,13H,10,12,14H2,1-2H3;2*3-4,7H,5-6,8H2,1-2H3;2-6H,1H2;1H4;2*1H/b2*8-6+;;;;;;. The summed E-state index contributed by atoms with van der Waals surface area (Å²) >= 11 is 6.85. The van der Waals surface area contributed by atoms with E-state index in [1.54, 1.807) is 24.7 Å². The first-order valence-corrected chi connectivity index (χ1v) is 33.6. The number of aryl methyl sites for hydroxylation is 2. The monoisotopic (exact) mass is 1470 g/mol. The summed E-state index contributed by atoms with van der Waals surface area (Å²) in [5.74, 6) is 3.65. The van der Waals surface area contributed by atoms with Crippen LogP contribution in [-0.2, 0) is 51.9 Å². The van der Waals surface area contributed by atoms with Gasteiger partial charge in [-0.05, 0) is 174 Å². The fraction of sp³-hybridized carbons (Fsp3) is 0.321. The van der Waals surface area contributed by atoms with Gasteiger partial charge in [0.05, 0.1) is 60.7 Å². The highest BCUT2D eigenvalue weighted by Crippen LogP contribution is 2.34. The molecule has 0 spiro atoms. The molecule has 0 N–H and O–H groups in total. The molecule has 97 heavy (non-hydrogen) atoms. The van der Waals surface area contributed by atoms with Crippen LogP contribution in [0.1, 0.15) is 140 Å². The van der Waals surface area contributed by atoms with Gasteiger partial charge >= 0.3 is 0 Å². The molecule has 0 amide bonds. The number of halogens is 4. The number of fused-ring (bicyclic) bond motifs is 8. The fourth-order valence-corrected chi connectivity index (χ4v) is 13.0. The minimum absolute atomic E-state index is 0. The van der Waals surface area contributed by atoms with Crippen molar-refractivity contribution >= 4 is 131 Å². The molecule has 7 aromatic heterocycles. The average molecular weight is 1470 g/mol. The lowest BCUT2D eigenvalue weighted by Gasteiger charge is -2.31. The summed E-state index contributed by atoms with van der Waals surface area (Å²) in [5.41, 5.74) is 9.02. The van der Waals surface area contributed by atoms with E-state index in [2.05, 4.69) is 119 Å². The summed E-state index contributed by atoms with van der Waals surface area (Å²) in [5, 5.41) is 2.80. The van der Waals surface area contributed by atoms with Gasteiger partial charge in [-0.2, -0.15) is 0 Å². The predicted octanol–water partition coefficient (Wildman–Crippen LogP) is 17.3. The van der Waals surface area contributed by atoms with Crippen molar-refractivity contribution in [2.45, 2.75) is 140 Å².